The van der Waals surface area contributed by atoms with E-state index in [0.29, 0.717) is 45.5 Å². The number of nitrogens with one attached hydrogen (secondary N) is 2. The van der Waals surface area contributed by atoms with Crippen LogP contribution in [0.15, 0.2) is 48.5 Å². The molecule has 36 heavy (non-hydrogen) atoms. The van der Waals surface area contributed by atoms with Gasteiger partial charge in [0.15, 0.2) is 0 Å². The van der Waals surface area contributed by atoms with Crippen molar-refractivity contribution in [3.05, 3.63) is 54.1 Å². The van der Waals surface area contributed by atoms with Crippen LogP contribution >= 0.6 is 0 Å². The van der Waals surface area contributed by atoms with E-state index in [1.807, 2.05) is 29.2 Å². The highest BCUT2D eigenvalue weighted by molar-refractivity contribution is 5.64. The number of anilines is 6. The summed E-state index contributed by atoms with van der Waals surface area (Å²) in [4.78, 5) is 17.7. The smallest absolute Gasteiger partial charge is 0.378 e. The molecular weight excluding hydrogens is 475 g/mol. The maximum atomic E-state index is 13.2. The number of hydrogen-bond donors (Lipinski definition) is 2. The molecule has 3 aromatic rings. The molecule has 1 aromatic heterocycles. The van der Waals surface area contributed by atoms with Crippen LogP contribution in [0.3, 0.4) is 0 Å². The number of benzene rings is 2. The van der Waals surface area contributed by atoms with Gasteiger partial charge >= 0.3 is 6.18 Å². The van der Waals surface area contributed by atoms with Crippen LogP contribution in [0.4, 0.5) is 48.1 Å². The molecule has 3 heterocycles. The highest BCUT2D eigenvalue weighted by Crippen LogP contribution is 2.31. The van der Waals surface area contributed by atoms with Crippen LogP contribution in [-0.4, -0.2) is 67.6 Å². The van der Waals surface area contributed by atoms with Gasteiger partial charge in [0.1, 0.15) is 0 Å². The Morgan fingerprint density at radius 3 is 1.86 bits per heavy atom. The lowest BCUT2D eigenvalue weighted by Crippen LogP contribution is -2.37. The standard InChI is InChI=1S/C24H26F3N7O2/c25-24(26,27)17-3-1-4-18(15-17)28-21-30-22(32-23(31-21)34-9-13-36-14-10-34)29-19-5-2-6-20(16-19)33-7-11-35-12-8-33/h1-6,15-16H,7-14H2,(H2,28,29,30,31,32). The molecule has 2 aliphatic heterocycles. The Morgan fingerprint density at radius 2 is 1.25 bits per heavy atom. The molecule has 0 atom stereocenters. The zero-order chi connectivity index (χ0) is 25.0. The van der Waals surface area contributed by atoms with Crippen molar-refractivity contribution in [3.63, 3.8) is 0 Å². The summed E-state index contributed by atoms with van der Waals surface area (Å²) in [6.45, 7) is 5.23. The van der Waals surface area contributed by atoms with Gasteiger partial charge in [0.25, 0.3) is 0 Å². The fourth-order valence-corrected chi connectivity index (χ4v) is 4.01. The van der Waals surface area contributed by atoms with Gasteiger partial charge < -0.3 is 29.9 Å². The van der Waals surface area contributed by atoms with Crippen LogP contribution in [0.1, 0.15) is 5.56 Å². The van der Waals surface area contributed by atoms with Gasteiger partial charge in [-0.3, -0.25) is 0 Å². The first-order valence-electron chi connectivity index (χ1n) is 11.7. The number of nitrogens with zero attached hydrogens (tertiary/aromatic N) is 5. The number of halogens is 3. The molecule has 2 aliphatic rings. The van der Waals surface area contributed by atoms with E-state index in [4.69, 9.17) is 9.47 Å². The summed E-state index contributed by atoms with van der Waals surface area (Å²) >= 11 is 0. The monoisotopic (exact) mass is 501 g/mol. The van der Waals surface area contributed by atoms with E-state index in [1.165, 1.54) is 12.1 Å². The zero-order valence-electron chi connectivity index (χ0n) is 19.5. The van der Waals surface area contributed by atoms with Crippen molar-refractivity contribution >= 4 is 34.9 Å². The molecule has 12 heteroatoms. The van der Waals surface area contributed by atoms with Crippen LogP contribution in [-0.2, 0) is 15.7 Å². The Balaban J connectivity index is 1.42. The molecule has 2 fully saturated rings. The Hall–Kier alpha value is -3.64. The Morgan fingerprint density at radius 1 is 0.694 bits per heavy atom. The number of morpholine rings is 2. The van der Waals surface area contributed by atoms with E-state index >= 15 is 0 Å². The van der Waals surface area contributed by atoms with Crippen molar-refractivity contribution < 1.29 is 22.6 Å². The molecule has 0 radical (unpaired) electrons. The highest BCUT2D eigenvalue weighted by atomic mass is 19.4. The van der Waals surface area contributed by atoms with Crippen molar-refractivity contribution in [3.8, 4) is 0 Å². The molecule has 2 saturated heterocycles. The van der Waals surface area contributed by atoms with Gasteiger partial charge in [-0.2, -0.15) is 28.1 Å². The number of hydrogen-bond acceptors (Lipinski definition) is 9. The Labute approximate surface area is 206 Å². The molecule has 0 spiro atoms. The number of rotatable bonds is 6. The molecule has 0 aliphatic carbocycles. The summed E-state index contributed by atoms with van der Waals surface area (Å²) in [6, 6.07) is 12.8. The molecule has 2 aromatic carbocycles. The van der Waals surface area contributed by atoms with Gasteiger partial charge in [-0.05, 0) is 36.4 Å². The summed E-state index contributed by atoms with van der Waals surface area (Å²) in [6.07, 6.45) is -4.45. The van der Waals surface area contributed by atoms with Crippen molar-refractivity contribution in [1.82, 2.24) is 15.0 Å². The molecule has 5 rings (SSSR count). The number of alkyl halides is 3. The van der Waals surface area contributed by atoms with Crippen LogP contribution in [0.5, 0.6) is 0 Å². The molecule has 0 unspecified atom stereocenters. The molecular formula is C24H26F3N7O2. The zero-order valence-corrected chi connectivity index (χ0v) is 19.5. The first-order valence-corrected chi connectivity index (χ1v) is 11.7. The predicted molar refractivity (Wildman–Crippen MR) is 130 cm³/mol. The summed E-state index contributed by atoms with van der Waals surface area (Å²) < 4.78 is 50.4. The molecule has 2 N–H and O–H groups in total. The van der Waals surface area contributed by atoms with Crippen molar-refractivity contribution in [2.75, 3.05) is 73.0 Å². The van der Waals surface area contributed by atoms with Crippen LogP contribution in [0.25, 0.3) is 0 Å². The highest BCUT2D eigenvalue weighted by Gasteiger charge is 2.30. The average Bonchev–Trinajstić information content (AvgIpc) is 2.89. The molecule has 9 nitrogen and oxygen atoms in total. The van der Waals surface area contributed by atoms with Crippen molar-refractivity contribution in [1.29, 1.82) is 0 Å². The third-order valence-corrected chi connectivity index (χ3v) is 5.84. The minimum absolute atomic E-state index is 0.137. The van der Waals surface area contributed by atoms with Crippen molar-refractivity contribution in [2.24, 2.45) is 0 Å². The van der Waals surface area contributed by atoms with Crippen LogP contribution in [0.2, 0.25) is 0 Å². The minimum Gasteiger partial charge on any atom is -0.378 e. The fourth-order valence-electron chi connectivity index (χ4n) is 4.01. The largest absolute Gasteiger partial charge is 0.416 e. The molecule has 190 valence electrons. The quantitative estimate of drug-likeness (QED) is 0.519. The SMILES string of the molecule is FC(F)(F)c1cccc(Nc2nc(Nc3cccc(N4CCOCC4)c3)nc(N3CCOCC3)n2)c1. The fraction of sp³-hybridized carbons (Fsp3) is 0.375. The minimum atomic E-state index is -4.45. The summed E-state index contributed by atoms with van der Waals surface area (Å²) in [5.41, 5.74) is 1.30. The van der Waals surface area contributed by atoms with Gasteiger partial charge in [-0.1, -0.05) is 12.1 Å². The summed E-state index contributed by atoms with van der Waals surface area (Å²) in [5.74, 6) is 0.826. The maximum absolute atomic E-state index is 13.2. The average molecular weight is 502 g/mol. The first-order chi connectivity index (χ1) is 17.4. The number of aromatic nitrogens is 3. The topological polar surface area (TPSA) is 87.7 Å². The van der Waals surface area contributed by atoms with E-state index in [9.17, 15) is 13.2 Å². The summed E-state index contributed by atoms with van der Waals surface area (Å²) in [7, 11) is 0. The molecule has 0 bridgehead atoms. The van der Waals surface area contributed by atoms with Gasteiger partial charge in [-0.15, -0.1) is 0 Å². The molecule has 0 saturated carbocycles. The summed E-state index contributed by atoms with van der Waals surface area (Å²) in [5, 5.41) is 6.13. The van der Waals surface area contributed by atoms with E-state index in [0.717, 1.165) is 36.6 Å². The van der Waals surface area contributed by atoms with E-state index in [2.05, 4.69) is 30.5 Å². The maximum Gasteiger partial charge on any atom is 0.416 e. The lowest BCUT2D eigenvalue weighted by molar-refractivity contribution is -0.137. The van der Waals surface area contributed by atoms with Gasteiger partial charge in [-0.25, -0.2) is 0 Å². The Bertz CT molecular complexity index is 1180. The first kappa shape index (κ1) is 24.1. The van der Waals surface area contributed by atoms with Gasteiger partial charge in [0, 0.05) is 43.2 Å². The second-order valence-electron chi connectivity index (χ2n) is 8.36. The third kappa shape index (κ3) is 5.94. The third-order valence-electron chi connectivity index (χ3n) is 5.84. The number of ether oxygens (including phenoxy) is 2. The second-order valence-corrected chi connectivity index (χ2v) is 8.36. The van der Waals surface area contributed by atoms with Crippen molar-refractivity contribution in [2.45, 2.75) is 6.18 Å². The Kier molecular flexibility index (Phi) is 7.05. The second kappa shape index (κ2) is 10.5. The van der Waals surface area contributed by atoms with Crippen LogP contribution < -0.4 is 20.4 Å². The van der Waals surface area contributed by atoms with Gasteiger partial charge in [0.2, 0.25) is 17.8 Å². The lowest BCUT2D eigenvalue weighted by Gasteiger charge is -2.29. The predicted octanol–water partition coefficient (Wildman–Crippen LogP) is 4.05. The van der Waals surface area contributed by atoms with Gasteiger partial charge in [0.05, 0.1) is 32.0 Å². The lowest BCUT2D eigenvalue weighted by atomic mass is 10.2. The normalized spacial score (nSPS) is 16.6. The van der Waals surface area contributed by atoms with E-state index in [1.54, 1.807) is 0 Å². The van der Waals surface area contributed by atoms with E-state index in [-0.39, 0.29) is 17.6 Å². The van der Waals surface area contributed by atoms with Crippen LogP contribution in [0, 0.1) is 0 Å². The molecule has 0 amide bonds. The van der Waals surface area contributed by atoms with E-state index < -0.39 is 11.7 Å².